The predicted octanol–water partition coefficient (Wildman–Crippen LogP) is 2.42. The van der Waals surface area contributed by atoms with Gasteiger partial charge in [-0.25, -0.2) is 4.85 Å². The van der Waals surface area contributed by atoms with Crippen LogP contribution in [0.4, 0.5) is 5.69 Å². The predicted molar refractivity (Wildman–Crippen MR) is 49.8 cm³/mol. The highest BCUT2D eigenvalue weighted by Crippen LogP contribution is 2.13. The van der Waals surface area contributed by atoms with E-state index in [-0.39, 0.29) is 35.7 Å². The quantitative estimate of drug-likeness (QED) is 0.610. The molecule has 0 radical (unpaired) electrons. The Morgan fingerprint density at radius 3 is 3.15 bits per heavy atom. The van der Waals surface area contributed by atoms with Crippen LogP contribution in [0.5, 0.6) is 0 Å². The molecule has 1 aromatic carbocycles. The van der Waals surface area contributed by atoms with Crippen molar-refractivity contribution in [2.75, 3.05) is 0 Å². The van der Waals surface area contributed by atoms with Crippen LogP contribution in [0.1, 0.15) is 8.22 Å². The molecule has 0 unspecified atom stereocenters. The van der Waals surface area contributed by atoms with E-state index in [1.54, 1.807) is 0 Å². The Morgan fingerprint density at radius 1 is 1.46 bits per heavy atom. The topological polar surface area (TPSA) is 22.2 Å². The van der Waals surface area contributed by atoms with Crippen molar-refractivity contribution in [2.45, 2.75) is 0 Å². The first-order valence-corrected chi connectivity index (χ1v) is 3.40. The summed E-state index contributed by atoms with van der Waals surface area (Å²) in [5.74, 6) is 0. The van der Waals surface area contributed by atoms with Gasteiger partial charge in [0.05, 0.1) is 26.7 Å². The van der Waals surface area contributed by atoms with Crippen molar-refractivity contribution in [2.24, 2.45) is 0 Å². The summed E-state index contributed by atoms with van der Waals surface area (Å²) in [6.07, 6.45) is -0.766. The monoisotopic (exact) mass is 175 g/mol. The SMILES string of the molecule is [2H]c1cc(-n2nc([2H])c([N+]#[C-])c2[2H])c([2H])c([2H])c1[2H]. The van der Waals surface area contributed by atoms with Crippen LogP contribution < -0.4 is 0 Å². The van der Waals surface area contributed by atoms with Crippen molar-refractivity contribution in [3.63, 3.8) is 0 Å². The normalized spacial score (nSPS) is 15.9. The highest BCUT2D eigenvalue weighted by Gasteiger charge is 1.97. The number of hydrogen-bond donors (Lipinski definition) is 0. The molecule has 1 heterocycles. The zero-order chi connectivity index (χ0) is 14.3. The summed E-state index contributed by atoms with van der Waals surface area (Å²) < 4.78 is 46.2. The summed E-state index contributed by atoms with van der Waals surface area (Å²) in [4.78, 5) is 3.01. The molecule has 13 heavy (non-hydrogen) atoms. The number of para-hydroxylation sites is 1. The van der Waals surface area contributed by atoms with Gasteiger partial charge < -0.3 is 0 Å². The molecule has 0 bridgehead atoms. The van der Waals surface area contributed by atoms with Crippen LogP contribution in [0.3, 0.4) is 0 Å². The van der Waals surface area contributed by atoms with Crippen LogP contribution in [0, 0.1) is 6.57 Å². The first-order chi connectivity index (χ1) is 8.88. The minimum atomic E-state index is -0.451. The Morgan fingerprint density at radius 2 is 2.38 bits per heavy atom. The second kappa shape index (κ2) is 3.11. The lowest BCUT2D eigenvalue weighted by molar-refractivity contribution is 0.881. The Bertz CT molecular complexity index is 715. The smallest absolute Gasteiger partial charge is 0.224 e. The highest BCUT2D eigenvalue weighted by atomic mass is 15.3. The molecule has 2 rings (SSSR count). The van der Waals surface area contributed by atoms with Crippen molar-refractivity contribution in [1.29, 1.82) is 0 Å². The van der Waals surface area contributed by atoms with Crippen LogP contribution in [-0.2, 0) is 0 Å². The lowest BCUT2D eigenvalue weighted by atomic mass is 10.3. The maximum Gasteiger partial charge on any atom is 0.224 e. The van der Waals surface area contributed by atoms with Crippen LogP contribution >= 0.6 is 0 Å². The molecule has 3 nitrogen and oxygen atoms in total. The molecule has 0 aliphatic carbocycles. The Balaban J connectivity index is 2.78. The summed E-state index contributed by atoms with van der Waals surface area (Å²) in [5, 5.41) is 3.66. The average molecular weight is 175 g/mol. The van der Waals surface area contributed by atoms with Gasteiger partial charge in [0, 0.05) is 6.17 Å². The lowest BCUT2D eigenvalue weighted by Crippen LogP contribution is -1.92. The average Bonchev–Trinajstić information content (AvgIpc) is 2.66. The molecule has 2 aromatic rings. The van der Waals surface area contributed by atoms with E-state index in [1.807, 2.05) is 0 Å². The minimum Gasteiger partial charge on any atom is -0.253 e. The molecule has 0 atom stereocenters. The minimum absolute atomic E-state index is 0.0561. The fourth-order valence-corrected chi connectivity index (χ4v) is 0.798. The summed E-state index contributed by atoms with van der Waals surface area (Å²) >= 11 is 0. The molecule has 0 N–H and O–H groups in total. The summed E-state index contributed by atoms with van der Waals surface area (Å²) in [5.41, 5.74) is -0.313. The second-order valence-electron chi connectivity index (χ2n) is 2.14. The van der Waals surface area contributed by atoms with Gasteiger partial charge in [0.2, 0.25) is 5.69 Å². The van der Waals surface area contributed by atoms with Gasteiger partial charge in [-0.05, 0) is 12.1 Å². The first-order valence-electron chi connectivity index (χ1n) is 6.40. The van der Waals surface area contributed by atoms with Crippen LogP contribution in [0.15, 0.2) is 42.6 Å². The van der Waals surface area contributed by atoms with Gasteiger partial charge in [0.15, 0.2) is 0 Å². The van der Waals surface area contributed by atoms with Crippen molar-refractivity contribution in [3.8, 4) is 5.69 Å². The van der Waals surface area contributed by atoms with Gasteiger partial charge in [-0.15, -0.1) is 0 Å². The van der Waals surface area contributed by atoms with E-state index < -0.39 is 12.2 Å². The van der Waals surface area contributed by atoms with Crippen molar-refractivity contribution in [3.05, 3.63) is 54.0 Å². The second-order valence-corrected chi connectivity index (χ2v) is 2.14. The molecule has 1 aromatic heterocycles. The molecular formula is C10H7N3. The highest BCUT2D eigenvalue weighted by molar-refractivity contribution is 5.42. The number of aromatic nitrogens is 2. The largest absolute Gasteiger partial charge is 0.253 e. The number of benzene rings is 1. The third-order valence-electron chi connectivity index (χ3n) is 1.34. The third kappa shape index (κ3) is 1.42. The van der Waals surface area contributed by atoms with Crippen molar-refractivity contribution < 1.29 is 8.22 Å². The third-order valence-corrected chi connectivity index (χ3v) is 1.34. The standard InChI is InChI=1S/C10H7N3/c1-11-9-7-12-13(8-9)10-5-3-2-4-6-10/h2-8H/i2D,3D,4D,5D,7D,8D. The first kappa shape index (κ1) is 3.35. The maximum absolute atomic E-state index is 7.73. The van der Waals surface area contributed by atoms with E-state index in [0.29, 0.717) is 0 Å². The zero-order valence-corrected chi connectivity index (χ0v) is 6.42. The Labute approximate surface area is 84.5 Å². The number of nitrogens with zero attached hydrogens (tertiary/aromatic N) is 3. The van der Waals surface area contributed by atoms with E-state index in [1.165, 1.54) is 0 Å². The van der Waals surface area contributed by atoms with E-state index >= 15 is 0 Å². The van der Waals surface area contributed by atoms with E-state index in [0.717, 1.165) is 10.7 Å². The van der Waals surface area contributed by atoms with E-state index in [9.17, 15) is 0 Å². The molecule has 62 valence electrons. The molecule has 0 aliphatic heterocycles. The zero-order valence-electron chi connectivity index (χ0n) is 12.4. The van der Waals surface area contributed by atoms with Crippen LogP contribution in [-0.4, -0.2) is 9.78 Å². The fourth-order valence-electron chi connectivity index (χ4n) is 0.798. The van der Waals surface area contributed by atoms with E-state index in [2.05, 4.69) is 9.94 Å². The van der Waals surface area contributed by atoms with Gasteiger partial charge in [0.1, 0.15) is 0 Å². The summed E-state index contributed by atoms with van der Waals surface area (Å²) in [7, 11) is 0. The molecule has 0 spiro atoms. The van der Waals surface area contributed by atoms with Gasteiger partial charge in [-0.3, -0.25) is 4.68 Å². The number of rotatable bonds is 1. The van der Waals surface area contributed by atoms with Crippen molar-refractivity contribution in [1.82, 2.24) is 9.78 Å². The molecule has 0 aliphatic rings. The van der Waals surface area contributed by atoms with Gasteiger partial charge in [-0.1, -0.05) is 18.1 Å². The van der Waals surface area contributed by atoms with Gasteiger partial charge >= 0.3 is 0 Å². The molecule has 0 amide bonds. The van der Waals surface area contributed by atoms with Crippen molar-refractivity contribution >= 4 is 5.69 Å². The number of hydrogen-bond acceptors (Lipinski definition) is 1. The van der Waals surface area contributed by atoms with E-state index in [4.69, 9.17) is 14.8 Å². The van der Waals surface area contributed by atoms with Gasteiger partial charge in [-0.2, -0.15) is 5.10 Å². The lowest BCUT2D eigenvalue weighted by Gasteiger charge is -1.98. The fraction of sp³-hybridized carbons (Fsp3) is 0. The molecule has 0 fully saturated rings. The van der Waals surface area contributed by atoms with Crippen LogP contribution in [0.2, 0.25) is 0 Å². The summed E-state index contributed by atoms with van der Waals surface area (Å²) in [6, 6.07) is -0.353. The Kier molecular flexibility index (Phi) is 0.802. The molecule has 0 saturated heterocycles. The molecule has 0 saturated carbocycles. The Hall–Kier alpha value is -2.08. The maximum atomic E-state index is 7.73. The summed E-state index contributed by atoms with van der Waals surface area (Å²) in [6.45, 7) is 6.85. The van der Waals surface area contributed by atoms with Crippen LogP contribution in [0.25, 0.3) is 10.5 Å². The van der Waals surface area contributed by atoms with Gasteiger partial charge in [0.25, 0.3) is 0 Å². The molecule has 3 heteroatoms. The molecular weight excluding hydrogens is 162 g/mol.